The number of nitrogens with one attached hydrogen (secondary N) is 1. The zero-order valence-electron chi connectivity index (χ0n) is 15.0. The Bertz CT molecular complexity index is 506. The van der Waals surface area contributed by atoms with E-state index in [-0.39, 0.29) is 5.91 Å². The van der Waals surface area contributed by atoms with Gasteiger partial charge in [-0.1, -0.05) is 30.7 Å². The normalized spacial score (nSPS) is 19.9. The van der Waals surface area contributed by atoms with Crippen molar-refractivity contribution in [3.63, 3.8) is 0 Å². The van der Waals surface area contributed by atoms with Gasteiger partial charge >= 0.3 is 0 Å². The number of thioether (sulfide) groups is 1. The van der Waals surface area contributed by atoms with Crippen LogP contribution in [0.15, 0.2) is 24.3 Å². The number of hydrogen-bond donors (Lipinski definition) is 2. The first-order valence-corrected chi connectivity index (χ1v) is 10.3. The number of likely N-dealkylation sites (tertiary alicyclic amines) is 1. The van der Waals surface area contributed by atoms with Crippen LogP contribution in [0, 0.1) is 0 Å². The Labute approximate surface area is 150 Å². The van der Waals surface area contributed by atoms with Crippen molar-refractivity contribution in [3.8, 4) is 0 Å². The molecule has 4 nitrogen and oxygen atoms in total. The van der Waals surface area contributed by atoms with Crippen molar-refractivity contribution < 1.29 is 4.79 Å². The summed E-state index contributed by atoms with van der Waals surface area (Å²) in [6.07, 6.45) is 6.72. The Morgan fingerprint density at radius 2 is 2.04 bits per heavy atom. The van der Waals surface area contributed by atoms with Gasteiger partial charge in [0.05, 0.1) is 6.04 Å². The lowest BCUT2D eigenvalue weighted by atomic mass is 10.0. The first-order chi connectivity index (χ1) is 11.6. The van der Waals surface area contributed by atoms with Crippen molar-refractivity contribution in [1.82, 2.24) is 10.2 Å². The van der Waals surface area contributed by atoms with Gasteiger partial charge in [0.25, 0.3) is 0 Å². The lowest BCUT2D eigenvalue weighted by Gasteiger charge is -2.33. The van der Waals surface area contributed by atoms with Crippen molar-refractivity contribution in [1.29, 1.82) is 0 Å². The van der Waals surface area contributed by atoms with Gasteiger partial charge in [0.15, 0.2) is 0 Å². The lowest BCUT2D eigenvalue weighted by Crippen LogP contribution is -2.40. The summed E-state index contributed by atoms with van der Waals surface area (Å²) in [5, 5.41) is 2.93. The molecule has 3 N–H and O–H groups in total. The summed E-state index contributed by atoms with van der Waals surface area (Å²) in [6.45, 7) is 5.09. The highest BCUT2D eigenvalue weighted by atomic mass is 32.2. The topological polar surface area (TPSA) is 58.4 Å². The number of piperidine rings is 1. The molecule has 0 spiro atoms. The van der Waals surface area contributed by atoms with E-state index in [1.165, 1.54) is 31.4 Å². The summed E-state index contributed by atoms with van der Waals surface area (Å²) < 4.78 is 0. The molecule has 0 aliphatic carbocycles. The van der Waals surface area contributed by atoms with Crippen molar-refractivity contribution >= 4 is 17.7 Å². The number of nitrogens with zero attached hydrogens (tertiary/aromatic N) is 1. The standard InChI is InChI=1S/C19H31N3OS/c1-15-5-3-4-11-22(15)14-17-8-6-16(7-9-17)13-21-19(23)18(20)10-12-24-2/h6-9,15,18H,3-5,10-14,20H2,1-2H3,(H,21,23). The molecule has 1 aliphatic heterocycles. The third kappa shape index (κ3) is 6.11. The van der Waals surface area contributed by atoms with Gasteiger partial charge in [-0.25, -0.2) is 0 Å². The van der Waals surface area contributed by atoms with Crippen molar-refractivity contribution in [2.75, 3.05) is 18.6 Å². The number of nitrogens with two attached hydrogens (primary N) is 1. The predicted octanol–water partition coefficient (Wildman–Crippen LogP) is 2.76. The molecule has 0 aromatic heterocycles. The molecule has 1 aliphatic rings. The van der Waals surface area contributed by atoms with Crippen molar-refractivity contribution in [3.05, 3.63) is 35.4 Å². The molecule has 0 radical (unpaired) electrons. The fourth-order valence-corrected chi connectivity index (χ4v) is 3.58. The molecule has 1 heterocycles. The van der Waals surface area contributed by atoms with Crippen LogP contribution in [0.5, 0.6) is 0 Å². The summed E-state index contributed by atoms with van der Waals surface area (Å²) in [6, 6.07) is 8.85. The van der Waals surface area contributed by atoms with E-state index in [1.54, 1.807) is 11.8 Å². The summed E-state index contributed by atoms with van der Waals surface area (Å²) in [4.78, 5) is 14.5. The molecule has 134 valence electrons. The molecular formula is C19H31N3OS. The predicted molar refractivity (Wildman–Crippen MR) is 103 cm³/mol. The third-order valence-electron chi connectivity index (χ3n) is 4.79. The number of hydrogen-bond acceptors (Lipinski definition) is 4. The molecule has 5 heteroatoms. The monoisotopic (exact) mass is 349 g/mol. The molecule has 2 atom stereocenters. The van der Waals surface area contributed by atoms with Crippen LogP contribution in [-0.4, -0.2) is 41.4 Å². The second kappa shape index (κ2) is 10.1. The van der Waals surface area contributed by atoms with Gasteiger partial charge in [-0.2, -0.15) is 11.8 Å². The number of carbonyl (C=O) groups excluding carboxylic acids is 1. The van der Waals surface area contributed by atoms with Crippen LogP contribution in [0.25, 0.3) is 0 Å². The molecule has 0 saturated carbocycles. The highest BCUT2D eigenvalue weighted by Crippen LogP contribution is 2.19. The second-order valence-corrected chi connectivity index (χ2v) is 7.72. The Kier molecular flexibility index (Phi) is 8.09. The average Bonchev–Trinajstić information content (AvgIpc) is 2.60. The summed E-state index contributed by atoms with van der Waals surface area (Å²) >= 11 is 1.71. The van der Waals surface area contributed by atoms with E-state index < -0.39 is 6.04 Å². The van der Waals surface area contributed by atoms with Gasteiger partial charge in [-0.15, -0.1) is 0 Å². The first kappa shape index (κ1) is 19.3. The van der Waals surface area contributed by atoms with Gasteiger partial charge in [-0.05, 0) is 55.9 Å². The van der Waals surface area contributed by atoms with Crippen LogP contribution in [-0.2, 0) is 17.9 Å². The molecular weight excluding hydrogens is 318 g/mol. The maximum absolute atomic E-state index is 11.9. The summed E-state index contributed by atoms with van der Waals surface area (Å²) in [7, 11) is 0. The van der Waals surface area contributed by atoms with Gasteiger partial charge in [-0.3, -0.25) is 9.69 Å². The van der Waals surface area contributed by atoms with E-state index in [2.05, 4.69) is 41.4 Å². The molecule has 0 bridgehead atoms. The first-order valence-electron chi connectivity index (χ1n) is 8.94. The largest absolute Gasteiger partial charge is 0.351 e. The van der Waals surface area contributed by atoms with Crippen molar-refractivity contribution in [2.45, 2.75) is 57.8 Å². The molecule has 1 fully saturated rings. The van der Waals surface area contributed by atoms with Crippen LogP contribution in [0.4, 0.5) is 0 Å². The average molecular weight is 350 g/mol. The van der Waals surface area contributed by atoms with E-state index in [9.17, 15) is 4.79 Å². The fourth-order valence-electron chi connectivity index (χ4n) is 3.09. The van der Waals surface area contributed by atoms with Crippen LogP contribution < -0.4 is 11.1 Å². The van der Waals surface area contributed by atoms with Gasteiger partial charge in [0.1, 0.15) is 0 Å². The quantitative estimate of drug-likeness (QED) is 0.758. The zero-order chi connectivity index (χ0) is 17.4. The van der Waals surface area contributed by atoms with E-state index in [4.69, 9.17) is 5.73 Å². The summed E-state index contributed by atoms with van der Waals surface area (Å²) in [5.41, 5.74) is 8.34. The molecule has 2 unspecified atom stereocenters. The van der Waals surface area contributed by atoms with E-state index in [1.807, 2.05) is 6.26 Å². The van der Waals surface area contributed by atoms with Crippen LogP contribution in [0.3, 0.4) is 0 Å². The van der Waals surface area contributed by atoms with E-state index in [0.29, 0.717) is 12.6 Å². The number of amides is 1. The highest BCUT2D eigenvalue weighted by molar-refractivity contribution is 7.98. The number of carbonyl (C=O) groups is 1. The second-order valence-electron chi connectivity index (χ2n) is 6.74. The van der Waals surface area contributed by atoms with Gasteiger partial charge in [0, 0.05) is 19.1 Å². The number of benzene rings is 1. The minimum Gasteiger partial charge on any atom is -0.351 e. The molecule has 1 amide bonds. The molecule has 1 saturated heterocycles. The third-order valence-corrected chi connectivity index (χ3v) is 5.43. The van der Waals surface area contributed by atoms with Crippen LogP contribution in [0.1, 0.15) is 43.7 Å². The van der Waals surface area contributed by atoms with Gasteiger partial charge < -0.3 is 11.1 Å². The maximum atomic E-state index is 11.9. The highest BCUT2D eigenvalue weighted by Gasteiger charge is 2.18. The Hall–Kier alpha value is -1.04. The Morgan fingerprint density at radius 3 is 2.71 bits per heavy atom. The number of rotatable bonds is 8. The zero-order valence-corrected chi connectivity index (χ0v) is 15.8. The maximum Gasteiger partial charge on any atom is 0.237 e. The van der Waals surface area contributed by atoms with E-state index >= 15 is 0 Å². The minimum absolute atomic E-state index is 0.0599. The Balaban J connectivity index is 1.78. The minimum atomic E-state index is -0.405. The van der Waals surface area contributed by atoms with Crippen LogP contribution in [0.2, 0.25) is 0 Å². The SMILES string of the molecule is CSCCC(N)C(=O)NCc1ccc(CN2CCCCC2C)cc1. The Morgan fingerprint density at radius 1 is 1.33 bits per heavy atom. The molecule has 2 rings (SSSR count). The molecule has 24 heavy (non-hydrogen) atoms. The smallest absolute Gasteiger partial charge is 0.237 e. The van der Waals surface area contributed by atoms with Crippen LogP contribution >= 0.6 is 11.8 Å². The fraction of sp³-hybridized carbons (Fsp3) is 0.632. The van der Waals surface area contributed by atoms with Gasteiger partial charge in [0.2, 0.25) is 5.91 Å². The summed E-state index contributed by atoms with van der Waals surface area (Å²) in [5.74, 6) is 0.855. The molecule has 1 aromatic carbocycles. The van der Waals surface area contributed by atoms with Crippen molar-refractivity contribution in [2.24, 2.45) is 5.73 Å². The lowest BCUT2D eigenvalue weighted by molar-refractivity contribution is -0.122. The van der Waals surface area contributed by atoms with E-state index in [0.717, 1.165) is 24.3 Å². The molecule has 1 aromatic rings.